The minimum atomic E-state index is 0.398. The first-order chi connectivity index (χ1) is 9.69. The van der Waals surface area contributed by atoms with Gasteiger partial charge in [0.15, 0.2) is 5.16 Å². The first-order valence-corrected chi connectivity index (χ1v) is 7.74. The summed E-state index contributed by atoms with van der Waals surface area (Å²) in [5.41, 5.74) is 1.01. The smallest absolute Gasteiger partial charge is 0.191 e. The first kappa shape index (κ1) is 15.6. The Balaban J connectivity index is 1.95. The molecule has 0 fully saturated rings. The van der Waals surface area contributed by atoms with Crippen molar-refractivity contribution in [1.82, 2.24) is 19.7 Å². The average Bonchev–Trinajstić information content (AvgIpc) is 2.83. The molecule has 0 unspecified atom stereocenters. The van der Waals surface area contributed by atoms with Crippen LogP contribution in [0.15, 0.2) is 23.6 Å². The molecule has 108 valence electrons. The van der Waals surface area contributed by atoms with Gasteiger partial charge in [-0.2, -0.15) is 0 Å². The number of hydrogen-bond donors (Lipinski definition) is 0. The van der Waals surface area contributed by atoms with E-state index in [9.17, 15) is 0 Å². The van der Waals surface area contributed by atoms with Crippen molar-refractivity contribution in [2.45, 2.75) is 23.9 Å². The molecule has 8 heteroatoms. The third-order valence-electron chi connectivity index (χ3n) is 2.52. The van der Waals surface area contributed by atoms with Gasteiger partial charge in [-0.3, -0.25) is 0 Å². The number of methoxy groups -OCH3 is 1. The number of aromatic nitrogens is 4. The largest absolute Gasteiger partial charge is 0.385 e. The lowest BCUT2D eigenvalue weighted by Gasteiger charge is -2.06. The Morgan fingerprint density at radius 3 is 2.75 bits per heavy atom. The average molecular weight is 333 g/mol. The normalized spacial score (nSPS) is 10.9. The highest BCUT2D eigenvalue weighted by Gasteiger charge is 2.07. The maximum absolute atomic E-state index is 5.87. The molecule has 0 amide bonds. The van der Waals surface area contributed by atoms with Crippen LogP contribution in [0.3, 0.4) is 0 Å². The van der Waals surface area contributed by atoms with Gasteiger partial charge in [-0.15, -0.1) is 10.2 Å². The van der Waals surface area contributed by atoms with Crippen LogP contribution in [-0.4, -0.2) is 33.5 Å². The number of halogens is 2. The van der Waals surface area contributed by atoms with E-state index in [4.69, 9.17) is 27.9 Å². The zero-order valence-corrected chi connectivity index (χ0v) is 13.3. The van der Waals surface area contributed by atoms with E-state index in [2.05, 4.69) is 15.2 Å². The molecule has 0 atom stereocenters. The topological polar surface area (TPSA) is 52.8 Å². The molecular formula is C12H14Cl2N4OS. The maximum Gasteiger partial charge on any atom is 0.191 e. The van der Waals surface area contributed by atoms with Crippen molar-refractivity contribution < 1.29 is 4.74 Å². The van der Waals surface area contributed by atoms with Crippen LogP contribution in [0.4, 0.5) is 0 Å². The summed E-state index contributed by atoms with van der Waals surface area (Å²) in [7, 11) is 1.69. The molecule has 2 aromatic heterocycles. The summed E-state index contributed by atoms with van der Waals surface area (Å²) in [6.07, 6.45) is 2.65. The highest BCUT2D eigenvalue weighted by Crippen LogP contribution is 2.23. The highest BCUT2D eigenvalue weighted by atomic mass is 35.5. The van der Waals surface area contributed by atoms with Crippen LogP contribution in [0.5, 0.6) is 0 Å². The molecule has 5 nitrogen and oxygen atoms in total. The number of hydrogen-bond acceptors (Lipinski definition) is 5. The van der Waals surface area contributed by atoms with Crippen LogP contribution >= 0.6 is 35.0 Å². The van der Waals surface area contributed by atoms with Crippen molar-refractivity contribution in [3.05, 3.63) is 34.3 Å². The molecule has 0 aliphatic rings. The first-order valence-electron chi connectivity index (χ1n) is 6.00. The van der Waals surface area contributed by atoms with Crippen molar-refractivity contribution in [3.63, 3.8) is 0 Å². The van der Waals surface area contributed by atoms with E-state index in [0.717, 1.165) is 30.3 Å². The SMILES string of the molecule is COCCCn1cnnc1SCc1cc(Cl)nc(Cl)c1. The highest BCUT2D eigenvalue weighted by molar-refractivity contribution is 7.98. The molecule has 2 heterocycles. The van der Waals surface area contributed by atoms with Crippen LogP contribution in [0.2, 0.25) is 10.3 Å². The quantitative estimate of drug-likeness (QED) is 0.442. The van der Waals surface area contributed by atoms with Gasteiger partial charge in [0, 0.05) is 26.0 Å². The standard InChI is InChI=1S/C12H14Cl2N4OS/c1-19-4-2-3-18-8-15-17-12(18)20-7-9-5-10(13)16-11(14)6-9/h5-6,8H,2-4,7H2,1H3. The maximum atomic E-state index is 5.87. The number of aryl methyl sites for hydroxylation is 1. The van der Waals surface area contributed by atoms with Crippen LogP contribution in [0.25, 0.3) is 0 Å². The number of ether oxygens (including phenoxy) is 1. The van der Waals surface area contributed by atoms with Crippen molar-refractivity contribution in [1.29, 1.82) is 0 Å². The Kier molecular flexibility index (Phi) is 6.09. The van der Waals surface area contributed by atoms with Gasteiger partial charge >= 0.3 is 0 Å². The molecule has 0 aromatic carbocycles. The lowest BCUT2D eigenvalue weighted by Crippen LogP contribution is -2.02. The molecule has 0 spiro atoms. The second-order valence-electron chi connectivity index (χ2n) is 4.06. The molecule has 20 heavy (non-hydrogen) atoms. The summed E-state index contributed by atoms with van der Waals surface area (Å²) in [6.45, 7) is 1.55. The molecule has 0 aliphatic carbocycles. The molecule has 0 radical (unpaired) electrons. The Hall–Kier alpha value is -0.820. The van der Waals surface area contributed by atoms with Crippen molar-refractivity contribution in [2.24, 2.45) is 0 Å². The van der Waals surface area contributed by atoms with Crippen molar-refractivity contribution >= 4 is 35.0 Å². The third kappa shape index (κ3) is 4.63. The van der Waals surface area contributed by atoms with E-state index in [1.54, 1.807) is 37.3 Å². The Labute approximate surface area is 131 Å². The Morgan fingerprint density at radius 1 is 1.30 bits per heavy atom. The molecule has 2 rings (SSSR count). The number of rotatable bonds is 7. The minimum absolute atomic E-state index is 0.398. The molecule has 0 saturated carbocycles. The fraction of sp³-hybridized carbons (Fsp3) is 0.417. The molecule has 0 N–H and O–H groups in total. The van der Waals surface area contributed by atoms with E-state index in [-0.39, 0.29) is 0 Å². The predicted octanol–water partition coefficient (Wildman–Crippen LogP) is 3.31. The molecule has 0 aliphatic heterocycles. The zero-order valence-electron chi connectivity index (χ0n) is 10.9. The zero-order chi connectivity index (χ0) is 14.4. The summed E-state index contributed by atoms with van der Waals surface area (Å²) < 4.78 is 7.05. The minimum Gasteiger partial charge on any atom is -0.385 e. The van der Waals surface area contributed by atoms with E-state index >= 15 is 0 Å². The van der Waals surface area contributed by atoms with Gasteiger partial charge < -0.3 is 9.30 Å². The van der Waals surface area contributed by atoms with E-state index in [1.165, 1.54) is 0 Å². The summed E-state index contributed by atoms with van der Waals surface area (Å²) >= 11 is 13.3. The van der Waals surface area contributed by atoms with Gasteiger partial charge in [-0.25, -0.2) is 4.98 Å². The second-order valence-corrected chi connectivity index (χ2v) is 5.78. The predicted molar refractivity (Wildman–Crippen MR) is 80.3 cm³/mol. The number of pyridine rings is 1. The Morgan fingerprint density at radius 2 is 2.05 bits per heavy atom. The molecule has 0 saturated heterocycles. The summed E-state index contributed by atoms with van der Waals surface area (Å²) in [4.78, 5) is 3.92. The van der Waals surface area contributed by atoms with Crippen molar-refractivity contribution in [2.75, 3.05) is 13.7 Å². The number of nitrogens with zero attached hydrogens (tertiary/aromatic N) is 4. The van der Waals surface area contributed by atoms with Crippen LogP contribution in [-0.2, 0) is 17.0 Å². The van der Waals surface area contributed by atoms with Gasteiger partial charge in [0.1, 0.15) is 16.6 Å². The van der Waals surface area contributed by atoms with Crippen LogP contribution in [0.1, 0.15) is 12.0 Å². The summed E-state index contributed by atoms with van der Waals surface area (Å²) in [5, 5.41) is 9.71. The van der Waals surface area contributed by atoms with Gasteiger partial charge in [0.05, 0.1) is 0 Å². The molecule has 0 bridgehead atoms. The fourth-order valence-electron chi connectivity index (χ4n) is 1.63. The second kappa shape index (κ2) is 7.83. The summed E-state index contributed by atoms with van der Waals surface area (Å²) in [6, 6.07) is 3.60. The van der Waals surface area contributed by atoms with Gasteiger partial charge in [-0.1, -0.05) is 35.0 Å². The third-order valence-corrected chi connectivity index (χ3v) is 3.96. The lowest BCUT2D eigenvalue weighted by molar-refractivity contribution is 0.189. The Bertz CT molecular complexity index is 544. The fourth-order valence-corrected chi connectivity index (χ4v) is 3.01. The number of thioether (sulfide) groups is 1. The van der Waals surface area contributed by atoms with Crippen LogP contribution < -0.4 is 0 Å². The molecule has 2 aromatic rings. The summed E-state index contributed by atoms with van der Waals surface area (Å²) in [5.74, 6) is 0.713. The van der Waals surface area contributed by atoms with E-state index in [1.807, 2.05) is 4.57 Å². The monoisotopic (exact) mass is 332 g/mol. The van der Waals surface area contributed by atoms with Gasteiger partial charge in [0.25, 0.3) is 0 Å². The lowest BCUT2D eigenvalue weighted by atomic mass is 10.3. The van der Waals surface area contributed by atoms with E-state index < -0.39 is 0 Å². The van der Waals surface area contributed by atoms with Crippen LogP contribution in [0, 0.1) is 0 Å². The van der Waals surface area contributed by atoms with E-state index in [0.29, 0.717) is 16.1 Å². The van der Waals surface area contributed by atoms with Gasteiger partial charge in [-0.05, 0) is 24.1 Å². The van der Waals surface area contributed by atoms with Crippen molar-refractivity contribution in [3.8, 4) is 0 Å². The van der Waals surface area contributed by atoms with Gasteiger partial charge in [0.2, 0.25) is 0 Å². The molecular weight excluding hydrogens is 319 g/mol.